The Bertz CT molecular complexity index is 970. The zero-order valence-electron chi connectivity index (χ0n) is 58.2. The van der Waals surface area contributed by atoms with Crippen molar-refractivity contribution in [1.29, 1.82) is 0 Å². The molecule has 0 aromatic heterocycles. The maximum atomic E-state index is 10.0. The summed E-state index contributed by atoms with van der Waals surface area (Å²) in [5, 5.41) is 84.1. The zero-order valence-corrected chi connectivity index (χ0v) is 68.2. The minimum atomic E-state index is -1.11. The second kappa shape index (κ2) is 113. The fraction of sp³-hybridized carbons (Fsp3) is 0.923. The molecule has 4 N–H and O–H groups in total. The van der Waals surface area contributed by atoms with Crippen LogP contribution in [0.2, 0.25) is 0 Å². The van der Waals surface area contributed by atoms with E-state index in [2.05, 4.69) is 62.3 Å². The molecule has 480 valence electrons. The molecular weight excluding hydrogens is 1120 g/mol. The van der Waals surface area contributed by atoms with Crippen molar-refractivity contribution < 1.29 is 218 Å². The van der Waals surface area contributed by atoms with E-state index >= 15 is 0 Å². The summed E-state index contributed by atoms with van der Waals surface area (Å²) < 4.78 is 0. The summed E-state index contributed by atoms with van der Waals surface area (Å²) in [7, 11) is 0. The quantitative estimate of drug-likeness (QED) is 0.0344. The number of carboxylic acids is 5. The van der Waals surface area contributed by atoms with Crippen LogP contribution in [0, 0.1) is 5.41 Å². The molecule has 0 aliphatic heterocycles. The first-order valence-corrected chi connectivity index (χ1v) is 32.4. The summed E-state index contributed by atoms with van der Waals surface area (Å²) in [4.78, 5) is 50.1. The third-order valence-electron chi connectivity index (χ3n) is 12.7. The van der Waals surface area contributed by atoms with Crippen molar-refractivity contribution in [2.24, 2.45) is 5.41 Å². The Morgan fingerprint density at radius 3 is 0.393 bits per heavy atom. The molecule has 0 radical (unpaired) electrons. The summed E-state index contributed by atoms with van der Waals surface area (Å²) in [6.45, 7) is 18.2. The van der Waals surface area contributed by atoms with Crippen LogP contribution in [-0.2, 0) is 24.0 Å². The largest absolute Gasteiger partial charge is 1.00 e. The molecule has 84 heavy (non-hydrogen) atoms. The van der Waals surface area contributed by atoms with E-state index < -0.39 is 61.7 Å². The molecule has 0 spiro atoms. The number of hydrogen-bond donors (Lipinski definition) is 4. The van der Waals surface area contributed by atoms with E-state index in [1.54, 1.807) is 0 Å². The predicted octanol–water partition coefficient (Wildman–Crippen LogP) is -3.26. The minimum Gasteiger partial charge on any atom is -0.550 e. The van der Waals surface area contributed by atoms with Gasteiger partial charge in [0.1, 0.15) is 0 Å². The van der Waals surface area contributed by atoms with Crippen LogP contribution in [0.15, 0.2) is 0 Å². The molecule has 0 heterocycles. The third kappa shape index (κ3) is 146. The van der Waals surface area contributed by atoms with Crippen molar-refractivity contribution in [1.82, 2.24) is 0 Å². The maximum Gasteiger partial charge on any atom is 1.00 e. The first-order valence-electron chi connectivity index (χ1n) is 32.4. The predicted molar refractivity (Wildman–Crippen MR) is 319 cm³/mol. The second-order valence-electron chi connectivity index (χ2n) is 21.1. The summed E-state index contributed by atoms with van der Waals surface area (Å²) in [6, 6.07) is 0. The summed E-state index contributed by atoms with van der Waals surface area (Å²) in [5.74, 6) is -4.57. The maximum absolute atomic E-state index is 10.0. The monoisotopic (exact) mass is 1250 g/mol. The van der Waals surface area contributed by atoms with Crippen LogP contribution in [-0.4, -0.2) is 76.7 Å². The fourth-order valence-corrected chi connectivity index (χ4v) is 7.14. The number of aliphatic hydroxyl groups is 4. The van der Waals surface area contributed by atoms with Crippen molar-refractivity contribution in [3.05, 3.63) is 0 Å². The number of carbonyl (C=O) groups excluding carboxylic acids is 5. The van der Waals surface area contributed by atoms with E-state index in [-0.39, 0.29) is 180 Å². The number of aliphatic carboxylic acids is 5. The van der Waals surface area contributed by atoms with Crippen LogP contribution < -0.4 is 173 Å². The molecule has 0 amide bonds. The van der Waals surface area contributed by atoms with Gasteiger partial charge >= 0.3 is 148 Å². The first kappa shape index (κ1) is 117. The topological polar surface area (TPSA) is 282 Å². The van der Waals surface area contributed by atoms with Crippen molar-refractivity contribution >= 4 is 29.8 Å². The van der Waals surface area contributed by atoms with E-state index in [9.17, 15) is 49.5 Å². The van der Waals surface area contributed by atoms with Gasteiger partial charge in [-0.2, -0.15) is 0 Å². The number of carbonyl (C=O) groups is 5. The third-order valence-corrected chi connectivity index (χ3v) is 12.7. The van der Waals surface area contributed by atoms with E-state index in [1.165, 1.54) is 199 Å². The van der Waals surface area contributed by atoms with Crippen molar-refractivity contribution in [2.75, 3.05) is 26.4 Å². The van der Waals surface area contributed by atoms with Crippen LogP contribution in [0.25, 0.3) is 0 Å². The van der Waals surface area contributed by atoms with Gasteiger partial charge in [0.15, 0.2) is 0 Å². The SMILES string of the molecule is CCCCC.CCCCC.CCCCCCCCCC(=O)[O-].CCCCCCCCCC(=O)[O-].CCCCCCCCCC(=O)[O-].CCCCCCCCCC(=O)[O-].CCCCCCCCCC(=O)[O-].OCC(CO)(CO)CO.[Na+].[Na+].[Na+].[Na+].[Na+]. The summed E-state index contributed by atoms with van der Waals surface area (Å²) >= 11 is 0. The molecule has 0 saturated carbocycles. The van der Waals surface area contributed by atoms with Crippen LogP contribution in [0.3, 0.4) is 0 Å². The van der Waals surface area contributed by atoms with Crippen LogP contribution in [0.1, 0.15) is 358 Å². The smallest absolute Gasteiger partial charge is 0.550 e. The first-order chi connectivity index (χ1) is 37.9. The summed E-state index contributed by atoms with van der Waals surface area (Å²) in [6.07, 6.45) is 49.9. The Kier molecular flexibility index (Phi) is 157. The molecule has 0 fully saturated rings. The van der Waals surface area contributed by atoms with Gasteiger partial charge in [0, 0.05) is 29.8 Å². The van der Waals surface area contributed by atoms with E-state index in [1.807, 2.05) is 0 Å². The summed E-state index contributed by atoms with van der Waals surface area (Å²) in [5.41, 5.74) is -1.11. The number of unbranched alkanes of at least 4 members (excludes halogenated alkanes) is 34. The van der Waals surface area contributed by atoms with Gasteiger partial charge in [0.25, 0.3) is 0 Å². The van der Waals surface area contributed by atoms with Crippen molar-refractivity contribution in [3.63, 3.8) is 0 Å². The molecular formula is C65H131Na5O14. The normalized spacial score (nSPS) is 9.49. The molecule has 0 aromatic rings. The average molecular weight is 1250 g/mol. The van der Waals surface area contributed by atoms with Crippen molar-refractivity contribution in [3.8, 4) is 0 Å². The second-order valence-corrected chi connectivity index (χ2v) is 21.1. The Morgan fingerprint density at radius 1 is 0.214 bits per heavy atom. The van der Waals surface area contributed by atoms with Crippen LogP contribution in [0.5, 0.6) is 0 Å². The Labute approximate surface area is 629 Å². The van der Waals surface area contributed by atoms with Crippen LogP contribution >= 0.6 is 0 Å². The van der Waals surface area contributed by atoms with E-state index in [0.29, 0.717) is 0 Å². The Hall–Kier alpha value is 2.19. The molecule has 0 bridgehead atoms. The van der Waals surface area contributed by atoms with Gasteiger partial charge in [-0.05, 0) is 64.2 Å². The van der Waals surface area contributed by atoms with Gasteiger partial charge < -0.3 is 69.9 Å². The van der Waals surface area contributed by atoms with E-state index in [0.717, 1.165) is 64.2 Å². The van der Waals surface area contributed by atoms with Gasteiger partial charge in [-0.1, -0.05) is 293 Å². The van der Waals surface area contributed by atoms with Crippen molar-refractivity contribution in [2.45, 2.75) is 358 Å². The molecule has 14 nitrogen and oxygen atoms in total. The van der Waals surface area contributed by atoms with Gasteiger partial charge in [-0.3, -0.25) is 0 Å². The number of carboxylic acid groups (broad SMARTS) is 5. The molecule has 0 unspecified atom stereocenters. The number of hydrogen-bond acceptors (Lipinski definition) is 14. The Balaban J connectivity index is -0.0000000627. The number of rotatable bonds is 48. The zero-order chi connectivity index (χ0) is 61.7. The molecule has 0 aromatic carbocycles. The molecule has 0 aliphatic carbocycles. The molecule has 0 rings (SSSR count). The molecule has 0 aliphatic rings. The van der Waals surface area contributed by atoms with Gasteiger partial charge in [0.05, 0.1) is 31.8 Å². The van der Waals surface area contributed by atoms with Gasteiger partial charge in [-0.15, -0.1) is 0 Å². The number of aliphatic hydroxyl groups excluding tert-OH is 4. The molecule has 0 atom stereocenters. The minimum absolute atomic E-state index is 0. The van der Waals surface area contributed by atoms with Gasteiger partial charge in [-0.25, -0.2) is 0 Å². The van der Waals surface area contributed by atoms with Gasteiger partial charge in [0.2, 0.25) is 0 Å². The fourth-order valence-electron chi connectivity index (χ4n) is 7.14. The molecule has 0 saturated heterocycles. The Morgan fingerprint density at radius 2 is 0.321 bits per heavy atom. The van der Waals surface area contributed by atoms with Crippen LogP contribution in [0.4, 0.5) is 0 Å². The standard InChI is InChI=1S/5C10H20O2.C5H12O4.2C5H12.5Na/c5*1-2-3-4-5-6-7-8-9-10(11)12;6-1-5(2-7,3-8)4-9;2*1-3-5-4-2;;;;;/h5*2-9H2,1H3,(H,11,12);6-9H,1-4H2;2*3-5H2,1-2H3;;;;;/q;;;;;;;;5*+1/p-5. The average Bonchev–Trinajstić information content (AvgIpc) is 3.42. The molecule has 19 heteroatoms. The van der Waals surface area contributed by atoms with E-state index in [4.69, 9.17) is 20.4 Å².